The maximum atomic E-state index is 10.5. The molecule has 1 heterocycles. The summed E-state index contributed by atoms with van der Waals surface area (Å²) in [5.41, 5.74) is -0.0123. The normalized spacial score (nSPS) is 15.8. The fraction of sp³-hybridized carbons (Fsp3) is 0.333. The molecule has 15 heavy (non-hydrogen) atoms. The van der Waals surface area contributed by atoms with Crippen LogP contribution < -0.4 is 10.1 Å². The van der Waals surface area contributed by atoms with Crippen LogP contribution in [0.2, 0.25) is 5.02 Å². The zero-order valence-corrected chi connectivity index (χ0v) is 8.53. The highest BCUT2D eigenvalue weighted by atomic mass is 35.5. The van der Waals surface area contributed by atoms with Crippen LogP contribution in [0.25, 0.3) is 0 Å². The van der Waals surface area contributed by atoms with Crippen molar-refractivity contribution < 1.29 is 9.66 Å². The summed E-state index contributed by atoms with van der Waals surface area (Å²) in [6, 6.07) is 4.18. The second-order valence-corrected chi connectivity index (χ2v) is 3.68. The molecular weight excluding hydrogens is 220 g/mol. The summed E-state index contributed by atoms with van der Waals surface area (Å²) in [7, 11) is 0. The van der Waals surface area contributed by atoms with Crippen molar-refractivity contribution in [1.82, 2.24) is 5.32 Å². The van der Waals surface area contributed by atoms with Crippen molar-refractivity contribution in [2.24, 2.45) is 0 Å². The highest BCUT2D eigenvalue weighted by Crippen LogP contribution is 2.29. The number of hydrogen-bond donors (Lipinski definition) is 1. The first-order chi connectivity index (χ1) is 7.16. The van der Waals surface area contributed by atoms with Crippen LogP contribution in [0, 0.1) is 10.1 Å². The van der Waals surface area contributed by atoms with Crippen LogP contribution >= 0.6 is 11.6 Å². The Hall–Kier alpha value is -1.33. The van der Waals surface area contributed by atoms with Gasteiger partial charge in [0.05, 0.1) is 16.0 Å². The van der Waals surface area contributed by atoms with Crippen molar-refractivity contribution in [3.8, 4) is 5.75 Å². The van der Waals surface area contributed by atoms with Gasteiger partial charge in [-0.2, -0.15) is 0 Å². The molecule has 0 bridgehead atoms. The summed E-state index contributed by atoms with van der Waals surface area (Å²) < 4.78 is 5.47. The molecule has 1 aliphatic rings. The number of rotatable bonds is 3. The van der Waals surface area contributed by atoms with Crippen LogP contribution in [0.15, 0.2) is 18.2 Å². The number of non-ortho nitro benzene ring substituents is 1. The number of nitro benzene ring substituents is 1. The first-order valence-electron chi connectivity index (χ1n) is 4.48. The number of halogens is 1. The van der Waals surface area contributed by atoms with Crippen LogP contribution in [0.4, 0.5) is 5.69 Å². The molecule has 5 nitrogen and oxygen atoms in total. The van der Waals surface area contributed by atoms with Gasteiger partial charge in [-0.15, -0.1) is 0 Å². The third-order valence-corrected chi connectivity index (χ3v) is 2.48. The summed E-state index contributed by atoms with van der Waals surface area (Å²) >= 11 is 5.86. The molecule has 0 aliphatic carbocycles. The largest absolute Gasteiger partial charge is 0.486 e. The molecule has 1 N–H and O–H groups in total. The number of benzene rings is 1. The Labute approximate surface area is 91.1 Å². The van der Waals surface area contributed by atoms with E-state index in [1.54, 1.807) is 0 Å². The highest BCUT2D eigenvalue weighted by Gasteiger charge is 2.20. The third-order valence-electron chi connectivity index (χ3n) is 2.16. The highest BCUT2D eigenvalue weighted by molar-refractivity contribution is 6.32. The molecule has 1 aromatic carbocycles. The van der Waals surface area contributed by atoms with Gasteiger partial charge in [0, 0.05) is 19.2 Å². The third kappa shape index (κ3) is 2.19. The summed E-state index contributed by atoms with van der Waals surface area (Å²) in [5, 5.41) is 14.0. The van der Waals surface area contributed by atoms with Crippen LogP contribution in [-0.2, 0) is 0 Å². The Balaban J connectivity index is 2.19. The number of nitrogens with zero attached hydrogens (tertiary/aromatic N) is 1. The van der Waals surface area contributed by atoms with Gasteiger partial charge in [0.15, 0.2) is 0 Å². The summed E-state index contributed by atoms with van der Waals surface area (Å²) in [5.74, 6) is 0.373. The SMILES string of the molecule is O=[N+]([O-])c1ccc(Cl)c(OC2CNC2)c1. The molecule has 0 saturated carbocycles. The van der Waals surface area contributed by atoms with Crippen molar-refractivity contribution in [3.05, 3.63) is 33.3 Å². The van der Waals surface area contributed by atoms with E-state index in [0.717, 1.165) is 13.1 Å². The van der Waals surface area contributed by atoms with Gasteiger partial charge in [-0.1, -0.05) is 11.6 Å². The predicted octanol–water partition coefficient (Wildman–Crippen LogP) is 1.60. The predicted molar refractivity (Wildman–Crippen MR) is 55.4 cm³/mol. The first-order valence-corrected chi connectivity index (χ1v) is 4.86. The van der Waals surface area contributed by atoms with Crippen molar-refractivity contribution in [1.29, 1.82) is 0 Å². The molecule has 0 aromatic heterocycles. The Morgan fingerprint density at radius 3 is 2.80 bits per heavy atom. The Morgan fingerprint density at radius 2 is 2.27 bits per heavy atom. The molecular formula is C9H9ClN2O3. The monoisotopic (exact) mass is 228 g/mol. The molecule has 1 fully saturated rings. The Kier molecular flexibility index (Phi) is 2.75. The van der Waals surface area contributed by atoms with E-state index >= 15 is 0 Å². The fourth-order valence-corrected chi connectivity index (χ4v) is 1.38. The minimum atomic E-state index is -0.470. The number of ether oxygens (including phenoxy) is 1. The zero-order chi connectivity index (χ0) is 10.8. The topological polar surface area (TPSA) is 64.4 Å². The van der Waals surface area contributed by atoms with Gasteiger partial charge in [-0.05, 0) is 6.07 Å². The quantitative estimate of drug-likeness (QED) is 0.631. The molecule has 6 heteroatoms. The van der Waals surface area contributed by atoms with Crippen LogP contribution in [0.5, 0.6) is 5.75 Å². The lowest BCUT2D eigenvalue weighted by atomic mass is 10.2. The van der Waals surface area contributed by atoms with Crippen molar-refractivity contribution >= 4 is 17.3 Å². The standard InChI is InChI=1S/C9H9ClN2O3/c10-8-2-1-6(12(13)14)3-9(8)15-7-4-11-5-7/h1-3,7,11H,4-5H2. The van der Waals surface area contributed by atoms with E-state index in [2.05, 4.69) is 5.32 Å². The zero-order valence-electron chi connectivity index (χ0n) is 7.77. The lowest BCUT2D eigenvalue weighted by Gasteiger charge is -2.28. The molecule has 0 radical (unpaired) electrons. The van der Waals surface area contributed by atoms with Crippen molar-refractivity contribution in [2.75, 3.05) is 13.1 Å². The smallest absolute Gasteiger partial charge is 0.273 e. The average molecular weight is 229 g/mol. The van der Waals surface area contributed by atoms with Gasteiger partial charge in [0.1, 0.15) is 11.9 Å². The molecule has 0 amide bonds. The fourth-order valence-electron chi connectivity index (χ4n) is 1.22. The molecule has 0 spiro atoms. The maximum Gasteiger partial charge on any atom is 0.273 e. The Bertz CT molecular complexity index is 393. The Morgan fingerprint density at radius 1 is 1.53 bits per heavy atom. The lowest BCUT2D eigenvalue weighted by Crippen LogP contribution is -2.50. The van der Waals surface area contributed by atoms with Crippen molar-refractivity contribution in [2.45, 2.75) is 6.10 Å². The van der Waals surface area contributed by atoms with E-state index in [1.165, 1.54) is 18.2 Å². The number of nitrogens with one attached hydrogen (secondary N) is 1. The molecule has 1 aliphatic heterocycles. The van der Waals surface area contributed by atoms with E-state index in [4.69, 9.17) is 16.3 Å². The molecule has 80 valence electrons. The molecule has 2 rings (SSSR count). The summed E-state index contributed by atoms with van der Waals surface area (Å²) in [6.07, 6.45) is 0.0597. The van der Waals surface area contributed by atoms with Crippen LogP contribution in [-0.4, -0.2) is 24.1 Å². The van der Waals surface area contributed by atoms with Crippen molar-refractivity contribution in [3.63, 3.8) is 0 Å². The average Bonchev–Trinajstić information content (AvgIpc) is 2.13. The molecule has 0 atom stereocenters. The van der Waals surface area contributed by atoms with Gasteiger partial charge in [0.25, 0.3) is 5.69 Å². The van der Waals surface area contributed by atoms with Gasteiger partial charge >= 0.3 is 0 Å². The second-order valence-electron chi connectivity index (χ2n) is 3.27. The number of hydrogen-bond acceptors (Lipinski definition) is 4. The summed E-state index contributed by atoms with van der Waals surface area (Å²) in [6.45, 7) is 1.50. The minimum Gasteiger partial charge on any atom is -0.486 e. The number of nitro groups is 1. The first kappa shape index (κ1) is 10.2. The second kappa shape index (κ2) is 4.04. The van der Waals surface area contributed by atoms with E-state index in [0.29, 0.717) is 10.8 Å². The lowest BCUT2D eigenvalue weighted by molar-refractivity contribution is -0.384. The van der Waals surface area contributed by atoms with E-state index in [9.17, 15) is 10.1 Å². The van der Waals surface area contributed by atoms with E-state index < -0.39 is 4.92 Å². The van der Waals surface area contributed by atoms with Gasteiger partial charge in [-0.3, -0.25) is 10.1 Å². The van der Waals surface area contributed by atoms with Gasteiger partial charge < -0.3 is 10.1 Å². The molecule has 1 aromatic rings. The van der Waals surface area contributed by atoms with Gasteiger partial charge in [-0.25, -0.2) is 0 Å². The molecule has 1 saturated heterocycles. The van der Waals surface area contributed by atoms with Crippen LogP contribution in [0.3, 0.4) is 0 Å². The maximum absolute atomic E-state index is 10.5. The summed E-state index contributed by atoms with van der Waals surface area (Å²) in [4.78, 5) is 10.1. The van der Waals surface area contributed by atoms with Crippen LogP contribution in [0.1, 0.15) is 0 Å². The van der Waals surface area contributed by atoms with E-state index in [1.807, 2.05) is 0 Å². The molecule has 0 unspecified atom stereocenters. The van der Waals surface area contributed by atoms with E-state index in [-0.39, 0.29) is 11.8 Å². The minimum absolute atomic E-state index is 0.0123. The van der Waals surface area contributed by atoms with Gasteiger partial charge in [0.2, 0.25) is 0 Å².